The smallest absolute Gasteiger partial charge is 0.314 e. The van der Waals surface area contributed by atoms with Gasteiger partial charge < -0.3 is 36.5 Å². The molecule has 0 saturated heterocycles. The quantitative estimate of drug-likeness (QED) is 0.0658. The first-order chi connectivity index (χ1) is 68.1. The molecular weight excluding hydrogens is 2530 g/mol. The van der Waals surface area contributed by atoms with E-state index in [0.717, 1.165) is 155 Å². The van der Waals surface area contributed by atoms with E-state index in [0.29, 0.717) is 43.0 Å². The Balaban J connectivity index is 0.000000130. The predicted molar refractivity (Wildman–Crippen MR) is 555 cm³/mol. The van der Waals surface area contributed by atoms with Crippen LogP contribution in [0.4, 0.5) is 0 Å². The van der Waals surface area contributed by atoms with Gasteiger partial charge in [-0.25, -0.2) is 64.4 Å². The first-order valence-corrected chi connectivity index (χ1v) is 52.4. The average molecular weight is 2610 g/mol. The van der Waals surface area contributed by atoms with Gasteiger partial charge in [-0.3, -0.25) is 19.9 Å². The van der Waals surface area contributed by atoms with Crippen molar-refractivity contribution in [3.05, 3.63) is 462 Å². The summed E-state index contributed by atoms with van der Waals surface area (Å²) < 4.78 is 94.9. The minimum absolute atomic E-state index is 0. The maximum Gasteiger partial charge on any atom is 2.00 e. The first-order valence-electron chi connectivity index (χ1n) is 45.7. The molecule has 12 heterocycles. The predicted octanol–water partition coefficient (Wildman–Crippen LogP) is 23.1. The van der Waals surface area contributed by atoms with Crippen LogP contribution in [-0.2, 0) is 103 Å². The van der Waals surface area contributed by atoms with Crippen molar-refractivity contribution in [1.29, 1.82) is 0 Å². The first kappa shape index (κ1) is 93.0. The van der Waals surface area contributed by atoms with Crippen LogP contribution >= 0.6 is 28.6 Å². The number of nitrogens with zero attached hydrogens (tertiary/aromatic N) is 12. The number of pyridine rings is 8. The third kappa shape index (κ3) is 19.3. The summed E-state index contributed by atoms with van der Waals surface area (Å²) in [5.41, 5.74) is 16.1. The number of fused-ring (bicyclic) bond motifs is 12. The fourth-order valence-electron chi connectivity index (χ4n) is 17.3. The number of hydrogen-bond donors (Lipinski definition) is 0. The zero-order valence-electron chi connectivity index (χ0n) is 79.0. The molecule has 0 amide bonds. The molecule has 140 heavy (non-hydrogen) atoms. The summed E-state index contributed by atoms with van der Waals surface area (Å²) in [5.74, 6) is 3.29. The van der Waals surface area contributed by atoms with Crippen molar-refractivity contribution in [2.45, 2.75) is 0 Å². The van der Waals surface area contributed by atoms with Gasteiger partial charge in [0.15, 0.2) is 0 Å². The van der Waals surface area contributed by atoms with Crippen LogP contribution < -0.4 is 43.0 Å². The minimum atomic E-state index is -3.09. The van der Waals surface area contributed by atoms with E-state index in [-0.39, 0.29) is 109 Å². The van der Waals surface area contributed by atoms with Crippen LogP contribution in [-0.4, -0.2) is 84.8 Å². The Kier molecular flexibility index (Phi) is 28.2. The van der Waals surface area contributed by atoms with Crippen LogP contribution in [0.3, 0.4) is 0 Å². The van der Waals surface area contributed by atoms with Crippen LogP contribution in [0.2, 0.25) is 0 Å². The van der Waals surface area contributed by atoms with Gasteiger partial charge in [0.2, 0.25) is 0 Å². The second-order valence-corrected chi connectivity index (χ2v) is 43.8. The van der Waals surface area contributed by atoms with Crippen molar-refractivity contribution >= 4 is 159 Å². The Morgan fingerprint density at radius 2 is 0.486 bits per heavy atom. The molecule has 0 fully saturated rings. The zero-order valence-corrected chi connectivity index (χ0v) is 87.7. The van der Waals surface area contributed by atoms with Gasteiger partial charge in [0.05, 0.1) is 5.48 Å². The Morgan fingerprint density at radius 3 is 0.800 bits per heavy atom. The fourth-order valence-corrected chi connectivity index (χ4v) is 23.5. The van der Waals surface area contributed by atoms with Gasteiger partial charge in [-0.2, -0.15) is 121 Å². The maximum absolute atomic E-state index is 13.8. The van der Waals surface area contributed by atoms with E-state index in [1.165, 1.54) is 12.4 Å². The molecule has 12 aromatic heterocycles. The molecule has 4 unspecified atom stereocenters. The van der Waals surface area contributed by atoms with Crippen molar-refractivity contribution in [1.82, 2.24) is 58.1 Å². The molecule has 0 spiro atoms. The normalized spacial score (nSPS) is 13.2. The van der Waals surface area contributed by atoms with Crippen molar-refractivity contribution < 1.29 is 108 Å². The summed E-state index contributed by atoms with van der Waals surface area (Å²) in [6.45, 7) is 6.70. The van der Waals surface area contributed by atoms with Gasteiger partial charge in [-0.05, 0) is 192 Å². The Labute approximate surface area is 873 Å². The number of hydrogen-bond acceptors (Lipinski definition) is 12. The van der Waals surface area contributed by atoms with E-state index in [2.05, 4.69) is 179 Å². The van der Waals surface area contributed by atoms with E-state index in [1.807, 2.05) is 212 Å². The Hall–Kier alpha value is -13.3. The van der Waals surface area contributed by atoms with E-state index >= 15 is 0 Å². The third-order valence-corrected chi connectivity index (χ3v) is 33.2. The summed E-state index contributed by atoms with van der Waals surface area (Å²) >= 11 is 0. The summed E-state index contributed by atoms with van der Waals surface area (Å²) in [6, 6.07) is 139. The average Bonchev–Trinajstić information content (AvgIpc) is 1.54. The second kappa shape index (κ2) is 42.4. The van der Waals surface area contributed by atoms with E-state index in [4.69, 9.17) is 5.48 Å². The van der Waals surface area contributed by atoms with Gasteiger partial charge in [0, 0.05) is 71.6 Å². The van der Waals surface area contributed by atoms with E-state index in [9.17, 15) is 18.3 Å². The Morgan fingerprint density at radius 1 is 0.214 bits per heavy atom. The SMILES string of the molecule is [2H]c1ccc(P(C)(=O)c2[c-]c(-c3[c-]c4c(cc3)c3ccccc3n4-c3ccccn3)ccc2)nc1.[2H]c1cccc(P(C)(=O)c2[c-]c(-c3[c-]c4c(cc3)c3ccccc3n4-c3ccccn3)ccc2)n1.[2H]c1cccnc1P(C)(=O)c1[c-]c(-c2[c-]c3c(cc2)c2ccccc2n3-c2ccccn2)ccc1.[2H]c1ccnc(P(C)(=O)c2[c-]c(-c3[c-]c4c(cc3)c3ccccc3n4-c3ccccn3)ccc2)c1.[Pt+2].[Pt+2].[Pt+2].[Pt+2]. The van der Waals surface area contributed by atoms with Crippen LogP contribution in [0, 0.1) is 48.5 Å². The van der Waals surface area contributed by atoms with E-state index in [1.54, 1.807) is 118 Å². The van der Waals surface area contributed by atoms with E-state index < -0.39 is 28.6 Å². The molecule has 0 aliphatic heterocycles. The molecule has 24 heteroatoms. The molecule has 0 bridgehead atoms. The van der Waals surface area contributed by atoms with Crippen LogP contribution in [0.15, 0.2) is 413 Å². The number of para-hydroxylation sites is 4. The van der Waals surface area contributed by atoms with Crippen LogP contribution in [0.5, 0.6) is 0 Å². The summed E-state index contributed by atoms with van der Waals surface area (Å²) in [6.07, 6.45) is 11.8. The number of benzene rings is 12. The van der Waals surface area contributed by atoms with Crippen molar-refractivity contribution in [3.63, 3.8) is 0 Å². The molecule has 0 aliphatic carbocycles. The molecular formula is C116H80N12O4P4Pt4. The number of aromatic nitrogens is 12. The van der Waals surface area contributed by atoms with Crippen molar-refractivity contribution in [3.8, 4) is 67.8 Å². The molecule has 0 saturated carbocycles. The largest absolute Gasteiger partial charge is 2.00 e. The molecule has 688 valence electrons. The minimum Gasteiger partial charge on any atom is -0.314 e. The molecule has 0 N–H and O–H groups in total. The summed E-state index contributed by atoms with van der Waals surface area (Å²) in [4.78, 5) is 35.3. The number of rotatable bonds is 16. The van der Waals surface area contributed by atoms with Crippen LogP contribution in [0.1, 0.15) is 5.48 Å². The third-order valence-electron chi connectivity index (χ3n) is 24.1. The summed E-state index contributed by atoms with van der Waals surface area (Å²) in [7, 11) is -12.1. The molecule has 4 atom stereocenters. The fraction of sp³-hybridized carbons (Fsp3) is 0.0345. The monoisotopic (exact) mass is 2610 g/mol. The van der Waals surface area contributed by atoms with Crippen molar-refractivity contribution in [2.24, 2.45) is 0 Å². The second-order valence-electron chi connectivity index (χ2n) is 32.7. The molecule has 0 aliphatic rings. The molecule has 0 radical (unpaired) electrons. The Bertz CT molecular complexity index is 8890. The van der Waals surface area contributed by atoms with Gasteiger partial charge in [0.25, 0.3) is 0 Å². The molecule has 24 aromatic rings. The standard InChI is InChI=1S/4C29H20N3OP.4Pt/c4*1-34(33,29-14-5-7-18-31-29)23-10-8-9-21(19-23)22-15-16-25-24-11-2-3-12-26(24)32(27(25)20-22)28-13-4-6-17-30-28;;;;/h4*2-18H,1H3;;;;/q4*-2;4*+2/i18D;14D;7D;5D;;;;. The van der Waals surface area contributed by atoms with Gasteiger partial charge >= 0.3 is 84.3 Å². The van der Waals surface area contributed by atoms with Crippen molar-refractivity contribution in [2.75, 3.05) is 26.7 Å². The topological polar surface area (TPSA) is 191 Å². The molecule has 16 nitrogen and oxygen atoms in total. The van der Waals surface area contributed by atoms with Gasteiger partial charge in [-0.15, -0.1) is 48.5 Å². The maximum atomic E-state index is 13.8. The van der Waals surface area contributed by atoms with Crippen LogP contribution in [0.25, 0.3) is 155 Å². The van der Waals surface area contributed by atoms with Gasteiger partial charge in [0.1, 0.15) is 73.6 Å². The zero-order chi connectivity index (χ0) is 96.0. The summed E-state index contributed by atoms with van der Waals surface area (Å²) in [5, 5.41) is 11.2. The molecule has 12 aromatic carbocycles. The van der Waals surface area contributed by atoms with Gasteiger partial charge in [-0.1, -0.05) is 164 Å². The molecule has 24 rings (SSSR count).